The van der Waals surface area contributed by atoms with Crippen molar-refractivity contribution in [2.45, 2.75) is 20.3 Å². The van der Waals surface area contributed by atoms with E-state index in [1.165, 1.54) is 16.0 Å². The fraction of sp³-hybridized carbons (Fsp3) is 0.270. The van der Waals surface area contributed by atoms with E-state index >= 15 is 0 Å². The van der Waals surface area contributed by atoms with Crippen LogP contribution in [0.5, 0.6) is 0 Å². The Morgan fingerprint density at radius 1 is 0.723 bits per heavy atom. The molecule has 6 rings (SSSR count). The van der Waals surface area contributed by atoms with Gasteiger partial charge in [0.25, 0.3) is 23.6 Å². The third-order valence-corrected chi connectivity index (χ3v) is 8.55. The molecule has 0 unspecified atom stereocenters. The number of imide groups is 2. The predicted molar refractivity (Wildman–Crippen MR) is 186 cm³/mol. The molecule has 0 saturated carbocycles. The summed E-state index contributed by atoms with van der Waals surface area (Å²) < 4.78 is 0. The summed E-state index contributed by atoms with van der Waals surface area (Å²) >= 11 is 0. The molecule has 0 fully saturated rings. The number of hydrogen-bond donors (Lipinski definition) is 2. The molecule has 0 saturated heterocycles. The van der Waals surface area contributed by atoms with E-state index in [0.717, 1.165) is 35.5 Å². The van der Waals surface area contributed by atoms with Crippen molar-refractivity contribution in [3.63, 3.8) is 0 Å². The quantitative estimate of drug-likeness (QED) is 0.0880. The van der Waals surface area contributed by atoms with Crippen LogP contribution >= 0.6 is 0 Å². The largest absolute Gasteiger partial charge is 0.315 e. The summed E-state index contributed by atoms with van der Waals surface area (Å²) in [6.07, 6.45) is 3.45. The number of carbonyl (C=O) groups excluding carboxylic acids is 4. The number of benzene rings is 4. The molecular formula is C37H40N6O4. The fourth-order valence-corrected chi connectivity index (χ4v) is 6.24. The van der Waals surface area contributed by atoms with Crippen LogP contribution in [0.15, 0.2) is 79.5 Å². The maximum absolute atomic E-state index is 13.4. The number of amides is 4. The number of carbonyl (C=O) groups is 4. The standard InChI is InChI=1S/C35H34N6O4.C2H6/c1-3-39(22-36)29-15-14-28-31-24(29)10-6-13-27(31)34(44)41(35(28)45)21-20-38(2)18-7-16-37-17-19-40-32(42)25-11-4-8-23-9-5-12-26(30(23)25)33(40)43;1-2/h3-6,8-15,22,36-37H,1,7,16-21H2,2H3;1-2H3. The van der Waals surface area contributed by atoms with Crippen LogP contribution in [-0.2, 0) is 0 Å². The smallest absolute Gasteiger partial charge is 0.261 e. The van der Waals surface area contributed by atoms with Crippen molar-refractivity contribution in [1.82, 2.24) is 20.0 Å². The summed E-state index contributed by atoms with van der Waals surface area (Å²) in [5.74, 6) is -1.19. The van der Waals surface area contributed by atoms with Crippen molar-refractivity contribution in [3.05, 3.63) is 102 Å². The molecular weight excluding hydrogens is 592 g/mol. The Kier molecular flexibility index (Phi) is 10.2. The topological polar surface area (TPSA) is 117 Å². The normalized spacial score (nSPS) is 13.7. The van der Waals surface area contributed by atoms with Gasteiger partial charge in [-0.25, -0.2) is 0 Å². The summed E-state index contributed by atoms with van der Waals surface area (Å²) in [6.45, 7) is 10.7. The Labute approximate surface area is 274 Å². The Morgan fingerprint density at radius 2 is 1.28 bits per heavy atom. The Morgan fingerprint density at radius 3 is 1.87 bits per heavy atom. The van der Waals surface area contributed by atoms with Gasteiger partial charge in [0.05, 0.1) is 12.0 Å². The third-order valence-electron chi connectivity index (χ3n) is 8.55. The summed E-state index contributed by atoms with van der Waals surface area (Å²) in [6, 6.07) is 19.9. The van der Waals surface area contributed by atoms with E-state index in [1.54, 1.807) is 41.3 Å². The van der Waals surface area contributed by atoms with Crippen LogP contribution in [0.2, 0.25) is 0 Å². The molecule has 10 heteroatoms. The van der Waals surface area contributed by atoms with Crippen molar-refractivity contribution >= 4 is 57.2 Å². The van der Waals surface area contributed by atoms with Gasteiger partial charge in [0.15, 0.2) is 0 Å². The first-order valence-corrected chi connectivity index (χ1v) is 16.0. The number of nitrogens with one attached hydrogen (secondary N) is 2. The van der Waals surface area contributed by atoms with Gasteiger partial charge in [-0.2, -0.15) is 0 Å². The fourth-order valence-electron chi connectivity index (χ4n) is 6.24. The number of anilines is 1. The van der Waals surface area contributed by atoms with Crippen LogP contribution in [0.4, 0.5) is 5.69 Å². The van der Waals surface area contributed by atoms with Gasteiger partial charge in [-0.1, -0.05) is 56.8 Å². The summed E-state index contributed by atoms with van der Waals surface area (Å²) in [5, 5.41) is 13.9. The van der Waals surface area contributed by atoms with Crippen molar-refractivity contribution in [2.24, 2.45) is 0 Å². The van der Waals surface area contributed by atoms with E-state index in [0.29, 0.717) is 53.0 Å². The van der Waals surface area contributed by atoms with E-state index in [1.807, 2.05) is 51.2 Å². The molecule has 0 radical (unpaired) electrons. The molecule has 47 heavy (non-hydrogen) atoms. The molecule has 0 bridgehead atoms. The van der Waals surface area contributed by atoms with Crippen LogP contribution in [0, 0.1) is 5.41 Å². The first-order chi connectivity index (χ1) is 22.8. The lowest BCUT2D eigenvalue weighted by Gasteiger charge is -2.30. The van der Waals surface area contributed by atoms with Gasteiger partial charge in [-0.3, -0.25) is 34.4 Å². The SMILES string of the molecule is C=CN(C=N)c1ccc2c3c(cccc13)C(=O)N(CCN(C)CCCNCCN1C(=O)c3cccc4cccc(c34)C1=O)C2=O.CC. The number of likely N-dealkylation sites (N-methyl/N-ethyl adjacent to an activating group) is 1. The van der Waals surface area contributed by atoms with Crippen LogP contribution in [0.1, 0.15) is 61.7 Å². The first kappa shape index (κ1) is 33.2. The minimum atomic E-state index is -0.328. The summed E-state index contributed by atoms with van der Waals surface area (Å²) in [4.78, 5) is 59.2. The Hall–Kier alpha value is -5.19. The molecule has 0 aliphatic carbocycles. The van der Waals surface area contributed by atoms with Crippen LogP contribution in [-0.4, -0.2) is 91.0 Å². The molecule has 2 aliphatic rings. The monoisotopic (exact) mass is 632 g/mol. The zero-order valence-electron chi connectivity index (χ0n) is 27.1. The summed E-state index contributed by atoms with van der Waals surface area (Å²) in [7, 11) is 1.95. The Balaban J connectivity index is 0.00000213. The lowest BCUT2D eigenvalue weighted by atomic mass is 9.92. The van der Waals surface area contributed by atoms with Crippen molar-refractivity contribution < 1.29 is 19.2 Å². The summed E-state index contributed by atoms with van der Waals surface area (Å²) in [5.41, 5.74) is 2.73. The maximum Gasteiger partial charge on any atom is 0.261 e. The molecule has 0 aromatic heterocycles. The molecule has 242 valence electrons. The van der Waals surface area contributed by atoms with Gasteiger partial charge < -0.3 is 15.1 Å². The molecule has 4 aromatic rings. The van der Waals surface area contributed by atoms with E-state index < -0.39 is 0 Å². The van der Waals surface area contributed by atoms with Gasteiger partial charge in [-0.15, -0.1) is 0 Å². The number of rotatable bonds is 13. The molecule has 0 spiro atoms. The highest BCUT2D eigenvalue weighted by molar-refractivity contribution is 6.27. The number of hydrogen-bond acceptors (Lipinski definition) is 7. The second-order valence-electron chi connectivity index (χ2n) is 11.2. The molecule has 10 nitrogen and oxygen atoms in total. The lowest BCUT2D eigenvalue weighted by molar-refractivity contribution is 0.0589. The van der Waals surface area contributed by atoms with Crippen molar-refractivity contribution in [1.29, 1.82) is 5.41 Å². The average molecular weight is 633 g/mol. The highest BCUT2D eigenvalue weighted by atomic mass is 16.2. The Bertz CT molecular complexity index is 1810. The van der Waals surface area contributed by atoms with Crippen LogP contribution in [0.3, 0.4) is 0 Å². The molecule has 2 aliphatic heterocycles. The van der Waals surface area contributed by atoms with Gasteiger partial charge in [0.2, 0.25) is 0 Å². The predicted octanol–water partition coefficient (Wildman–Crippen LogP) is 5.38. The van der Waals surface area contributed by atoms with Crippen molar-refractivity contribution in [2.75, 3.05) is 51.2 Å². The van der Waals surface area contributed by atoms with Gasteiger partial charge in [-0.05, 0) is 62.3 Å². The molecule has 0 atom stereocenters. The second kappa shape index (κ2) is 14.5. The zero-order valence-corrected chi connectivity index (χ0v) is 27.1. The molecule has 4 amide bonds. The molecule has 2 heterocycles. The first-order valence-electron chi connectivity index (χ1n) is 16.0. The average Bonchev–Trinajstić information content (AvgIpc) is 3.10. The minimum absolute atomic E-state index is 0.256. The zero-order chi connectivity index (χ0) is 33.7. The second-order valence-corrected chi connectivity index (χ2v) is 11.2. The van der Waals surface area contributed by atoms with Crippen LogP contribution < -0.4 is 10.2 Å². The van der Waals surface area contributed by atoms with Crippen molar-refractivity contribution in [3.8, 4) is 0 Å². The van der Waals surface area contributed by atoms with Gasteiger partial charge in [0.1, 0.15) is 0 Å². The minimum Gasteiger partial charge on any atom is -0.315 e. The van der Waals surface area contributed by atoms with Gasteiger partial charge >= 0.3 is 0 Å². The highest BCUT2D eigenvalue weighted by Crippen LogP contribution is 2.36. The maximum atomic E-state index is 13.4. The molecule has 4 aromatic carbocycles. The van der Waals surface area contributed by atoms with Gasteiger partial charge in [0, 0.05) is 70.8 Å². The van der Waals surface area contributed by atoms with Crippen LogP contribution in [0.25, 0.3) is 21.5 Å². The number of nitrogens with zero attached hydrogens (tertiary/aromatic N) is 4. The van der Waals surface area contributed by atoms with E-state index in [4.69, 9.17) is 5.41 Å². The third kappa shape index (κ3) is 6.17. The highest BCUT2D eigenvalue weighted by Gasteiger charge is 2.34. The lowest BCUT2D eigenvalue weighted by Crippen LogP contribution is -2.44. The van der Waals surface area contributed by atoms with E-state index in [9.17, 15) is 19.2 Å². The van der Waals surface area contributed by atoms with E-state index in [2.05, 4.69) is 16.8 Å². The van der Waals surface area contributed by atoms with E-state index in [-0.39, 0.29) is 36.7 Å². The molecule has 2 N–H and O–H groups in total.